The van der Waals surface area contributed by atoms with Crippen LogP contribution in [0.3, 0.4) is 0 Å². The number of benzene rings is 2. The Labute approximate surface area is 165 Å². The highest BCUT2D eigenvalue weighted by Crippen LogP contribution is 2.29. The predicted molar refractivity (Wildman–Crippen MR) is 110 cm³/mol. The number of furan rings is 1. The van der Waals surface area contributed by atoms with Crippen molar-refractivity contribution in [2.75, 3.05) is 10.6 Å². The Morgan fingerprint density at radius 2 is 1.70 bits per heavy atom. The molecular weight excluding hydrogens is 410 g/mol. The van der Waals surface area contributed by atoms with E-state index in [0.717, 1.165) is 15.4 Å². The van der Waals surface area contributed by atoms with Crippen molar-refractivity contribution in [3.8, 4) is 0 Å². The summed E-state index contributed by atoms with van der Waals surface area (Å²) in [5.41, 5.74) is 2.39. The van der Waals surface area contributed by atoms with Gasteiger partial charge >= 0.3 is 6.03 Å². The maximum atomic E-state index is 12.8. The molecule has 0 fully saturated rings. The van der Waals surface area contributed by atoms with E-state index in [2.05, 4.69) is 31.9 Å². The second-order valence-electron chi connectivity index (χ2n) is 6.45. The molecule has 1 heterocycles. The van der Waals surface area contributed by atoms with Crippen LogP contribution in [0.25, 0.3) is 11.0 Å². The smallest absolute Gasteiger partial charge is 0.319 e. The van der Waals surface area contributed by atoms with Crippen LogP contribution in [0.2, 0.25) is 0 Å². The van der Waals surface area contributed by atoms with Gasteiger partial charge in [0, 0.05) is 21.5 Å². The highest BCUT2D eigenvalue weighted by atomic mass is 79.9. The Bertz CT molecular complexity index is 1010. The zero-order valence-corrected chi connectivity index (χ0v) is 16.8. The fraction of sp³-hybridized carbons (Fsp3) is 0.200. The maximum Gasteiger partial charge on any atom is 0.319 e. The number of fused-ring (bicyclic) bond motifs is 1. The molecule has 140 valence electrons. The van der Waals surface area contributed by atoms with Crippen molar-refractivity contribution < 1.29 is 14.0 Å². The fourth-order valence-corrected chi connectivity index (χ4v) is 3.07. The Hall–Kier alpha value is -2.80. The molecular formula is C20H20BrN3O3. The molecule has 0 saturated heterocycles. The first-order valence-electron chi connectivity index (χ1n) is 8.51. The molecule has 27 heavy (non-hydrogen) atoms. The van der Waals surface area contributed by atoms with Crippen LogP contribution in [0, 0.1) is 6.92 Å². The molecule has 0 atom stereocenters. The minimum absolute atomic E-state index is 0.00396. The van der Waals surface area contributed by atoms with E-state index in [-0.39, 0.29) is 23.7 Å². The van der Waals surface area contributed by atoms with Crippen molar-refractivity contribution in [3.63, 3.8) is 0 Å². The number of hydrogen-bond donors (Lipinski definition) is 3. The topological polar surface area (TPSA) is 83.4 Å². The Balaban J connectivity index is 1.85. The van der Waals surface area contributed by atoms with Crippen LogP contribution in [0.1, 0.15) is 30.0 Å². The first-order chi connectivity index (χ1) is 12.8. The molecule has 6 nitrogen and oxygen atoms in total. The molecule has 3 aromatic rings. The Kier molecular flexibility index (Phi) is 5.51. The molecule has 0 saturated carbocycles. The zero-order chi connectivity index (χ0) is 19.6. The maximum absolute atomic E-state index is 12.8. The van der Waals surface area contributed by atoms with Crippen LogP contribution in [-0.2, 0) is 0 Å². The quantitative estimate of drug-likeness (QED) is 0.526. The van der Waals surface area contributed by atoms with Gasteiger partial charge in [0.15, 0.2) is 5.76 Å². The SMILES string of the molecule is Cc1c(C(=O)Nc2ccccc2NC(=O)NC(C)C)oc2ccc(Br)cc12. The van der Waals surface area contributed by atoms with E-state index < -0.39 is 0 Å². The summed E-state index contributed by atoms with van der Waals surface area (Å²) in [5.74, 6) is -0.136. The van der Waals surface area contributed by atoms with Gasteiger partial charge in [-0.2, -0.15) is 0 Å². The third-order valence-electron chi connectivity index (χ3n) is 3.95. The molecule has 0 aliphatic heterocycles. The molecule has 2 aromatic carbocycles. The second-order valence-corrected chi connectivity index (χ2v) is 7.37. The lowest BCUT2D eigenvalue weighted by Crippen LogP contribution is -2.34. The van der Waals surface area contributed by atoms with Crippen LogP contribution in [0.15, 0.2) is 51.4 Å². The Morgan fingerprint density at radius 1 is 1.04 bits per heavy atom. The minimum Gasteiger partial charge on any atom is -0.451 e. The molecule has 7 heteroatoms. The van der Waals surface area contributed by atoms with Gasteiger partial charge in [-0.15, -0.1) is 0 Å². The van der Waals surface area contributed by atoms with Crippen LogP contribution in [-0.4, -0.2) is 18.0 Å². The van der Waals surface area contributed by atoms with Gasteiger partial charge in [-0.05, 0) is 51.1 Å². The summed E-state index contributed by atoms with van der Waals surface area (Å²) in [4.78, 5) is 24.7. The molecule has 0 radical (unpaired) electrons. The number of carbonyl (C=O) groups is 2. The van der Waals surface area contributed by atoms with E-state index in [9.17, 15) is 9.59 Å². The molecule has 0 aliphatic rings. The number of nitrogens with one attached hydrogen (secondary N) is 3. The predicted octanol–water partition coefficient (Wildman–Crippen LogP) is 5.29. The first kappa shape index (κ1) is 19.0. The summed E-state index contributed by atoms with van der Waals surface area (Å²) < 4.78 is 6.64. The van der Waals surface area contributed by atoms with E-state index in [1.807, 2.05) is 39.0 Å². The van der Waals surface area contributed by atoms with Gasteiger partial charge < -0.3 is 20.4 Å². The lowest BCUT2D eigenvalue weighted by atomic mass is 10.1. The van der Waals surface area contributed by atoms with Gasteiger partial charge in [0.05, 0.1) is 11.4 Å². The summed E-state index contributed by atoms with van der Waals surface area (Å²) >= 11 is 3.43. The minimum atomic E-state index is -0.377. The molecule has 3 amide bonds. The van der Waals surface area contributed by atoms with Gasteiger partial charge in [0.2, 0.25) is 0 Å². The van der Waals surface area contributed by atoms with E-state index in [1.54, 1.807) is 24.3 Å². The average molecular weight is 430 g/mol. The number of aryl methyl sites for hydroxylation is 1. The first-order valence-corrected chi connectivity index (χ1v) is 9.31. The number of urea groups is 1. The number of para-hydroxylation sites is 2. The van der Waals surface area contributed by atoms with E-state index in [4.69, 9.17) is 4.42 Å². The summed E-state index contributed by atoms with van der Waals surface area (Å²) in [6.07, 6.45) is 0. The zero-order valence-electron chi connectivity index (χ0n) is 15.2. The van der Waals surface area contributed by atoms with Crippen molar-refractivity contribution in [1.29, 1.82) is 0 Å². The molecule has 1 aromatic heterocycles. The summed E-state index contributed by atoms with van der Waals surface area (Å²) in [7, 11) is 0. The van der Waals surface area contributed by atoms with E-state index >= 15 is 0 Å². The van der Waals surface area contributed by atoms with Crippen molar-refractivity contribution in [1.82, 2.24) is 5.32 Å². The Morgan fingerprint density at radius 3 is 2.37 bits per heavy atom. The van der Waals surface area contributed by atoms with Crippen molar-refractivity contribution in [2.24, 2.45) is 0 Å². The van der Waals surface area contributed by atoms with Crippen LogP contribution < -0.4 is 16.0 Å². The monoisotopic (exact) mass is 429 g/mol. The fourth-order valence-electron chi connectivity index (χ4n) is 2.71. The molecule has 0 unspecified atom stereocenters. The van der Waals surface area contributed by atoms with Crippen LogP contribution in [0.4, 0.5) is 16.2 Å². The van der Waals surface area contributed by atoms with Crippen molar-refractivity contribution >= 4 is 50.2 Å². The lowest BCUT2D eigenvalue weighted by Gasteiger charge is -2.14. The third kappa shape index (κ3) is 4.31. The van der Waals surface area contributed by atoms with Gasteiger partial charge in [-0.1, -0.05) is 28.1 Å². The molecule has 3 N–H and O–H groups in total. The highest BCUT2D eigenvalue weighted by Gasteiger charge is 2.19. The molecule has 0 aliphatic carbocycles. The van der Waals surface area contributed by atoms with Gasteiger partial charge in [0.1, 0.15) is 5.58 Å². The summed E-state index contributed by atoms with van der Waals surface area (Å²) in [5, 5.41) is 9.18. The van der Waals surface area contributed by atoms with Gasteiger partial charge in [-0.25, -0.2) is 4.79 Å². The standard InChI is InChI=1S/C20H20BrN3O3/c1-11(2)22-20(26)24-16-7-5-4-6-15(16)23-19(25)18-12(3)14-10-13(21)8-9-17(14)27-18/h4-11H,1-3H3,(H,23,25)(H2,22,24,26). The second kappa shape index (κ2) is 7.84. The summed E-state index contributed by atoms with van der Waals surface area (Å²) in [6, 6.07) is 12.3. The largest absolute Gasteiger partial charge is 0.451 e. The summed E-state index contributed by atoms with van der Waals surface area (Å²) in [6.45, 7) is 5.58. The van der Waals surface area contributed by atoms with E-state index in [0.29, 0.717) is 17.0 Å². The molecule has 3 rings (SSSR count). The van der Waals surface area contributed by atoms with Crippen molar-refractivity contribution in [2.45, 2.75) is 26.8 Å². The molecule has 0 bridgehead atoms. The number of anilines is 2. The number of rotatable bonds is 4. The van der Waals surface area contributed by atoms with Crippen LogP contribution >= 0.6 is 15.9 Å². The highest BCUT2D eigenvalue weighted by molar-refractivity contribution is 9.10. The van der Waals surface area contributed by atoms with Crippen LogP contribution in [0.5, 0.6) is 0 Å². The number of hydrogen-bond acceptors (Lipinski definition) is 3. The third-order valence-corrected chi connectivity index (χ3v) is 4.44. The number of amides is 3. The van der Waals surface area contributed by atoms with Gasteiger partial charge in [0.25, 0.3) is 5.91 Å². The van der Waals surface area contributed by atoms with Crippen molar-refractivity contribution in [3.05, 3.63) is 58.3 Å². The normalized spacial score (nSPS) is 10.9. The number of halogens is 1. The lowest BCUT2D eigenvalue weighted by molar-refractivity contribution is 0.0998. The molecule has 0 spiro atoms. The van der Waals surface area contributed by atoms with E-state index in [1.165, 1.54) is 0 Å². The average Bonchev–Trinajstić information content (AvgIpc) is 2.92. The van der Waals surface area contributed by atoms with Gasteiger partial charge in [-0.3, -0.25) is 4.79 Å². The number of carbonyl (C=O) groups excluding carboxylic acids is 2.